The molecule has 152 valence electrons. The first-order valence-corrected chi connectivity index (χ1v) is 11.3. The number of amides is 1. The van der Waals surface area contributed by atoms with E-state index in [4.69, 9.17) is 4.98 Å². The van der Waals surface area contributed by atoms with Gasteiger partial charge in [-0.15, -0.1) is 11.3 Å². The van der Waals surface area contributed by atoms with Gasteiger partial charge in [0.15, 0.2) is 5.16 Å². The summed E-state index contributed by atoms with van der Waals surface area (Å²) in [5.41, 5.74) is 3.86. The van der Waals surface area contributed by atoms with E-state index in [0.717, 1.165) is 16.0 Å². The number of hydrogen-bond acceptors (Lipinski definition) is 5. The van der Waals surface area contributed by atoms with Crippen molar-refractivity contribution in [3.63, 3.8) is 0 Å². The highest BCUT2D eigenvalue weighted by Gasteiger charge is 2.16. The lowest BCUT2D eigenvalue weighted by molar-refractivity contribution is -0.118. The smallest absolute Gasteiger partial charge is 0.272 e. The maximum atomic E-state index is 13.4. The zero-order valence-electron chi connectivity index (χ0n) is 16.7. The molecule has 2 aromatic carbocycles. The summed E-state index contributed by atoms with van der Waals surface area (Å²) in [6.07, 6.45) is 0. The van der Waals surface area contributed by atoms with Crippen LogP contribution in [0.5, 0.6) is 0 Å². The van der Waals surface area contributed by atoms with Gasteiger partial charge in [0.25, 0.3) is 5.56 Å². The Morgan fingerprint density at radius 2 is 1.87 bits per heavy atom. The van der Waals surface area contributed by atoms with E-state index >= 15 is 0 Å². The maximum Gasteiger partial charge on any atom is 0.272 e. The largest absolute Gasteiger partial charge is 0.358 e. The number of nitrogens with zero attached hydrogens (tertiary/aromatic N) is 2. The number of aryl methyl sites for hydroxylation is 1. The third-order valence-corrected chi connectivity index (χ3v) is 6.87. The highest BCUT2D eigenvalue weighted by molar-refractivity contribution is 7.99. The van der Waals surface area contributed by atoms with Crippen molar-refractivity contribution in [2.75, 3.05) is 12.8 Å². The summed E-state index contributed by atoms with van der Waals surface area (Å²) in [6.45, 7) is 2.46. The monoisotopic (exact) mass is 435 g/mol. The van der Waals surface area contributed by atoms with E-state index in [9.17, 15) is 9.59 Å². The van der Waals surface area contributed by atoms with E-state index in [-0.39, 0.29) is 17.2 Å². The van der Waals surface area contributed by atoms with Gasteiger partial charge >= 0.3 is 0 Å². The third kappa shape index (κ3) is 4.32. The number of carbonyl (C=O) groups is 1. The molecule has 0 radical (unpaired) electrons. The van der Waals surface area contributed by atoms with Crippen molar-refractivity contribution in [3.05, 3.63) is 82.1 Å². The number of thioether (sulfide) groups is 1. The minimum atomic E-state index is -0.105. The molecule has 1 N–H and O–H groups in total. The Hall–Kier alpha value is -2.90. The number of aromatic nitrogens is 2. The lowest BCUT2D eigenvalue weighted by atomic mass is 10.1. The highest BCUT2D eigenvalue weighted by Crippen LogP contribution is 2.32. The van der Waals surface area contributed by atoms with Gasteiger partial charge in [-0.25, -0.2) is 4.98 Å². The second-order valence-corrected chi connectivity index (χ2v) is 8.92. The molecule has 0 spiro atoms. The van der Waals surface area contributed by atoms with Gasteiger partial charge in [0, 0.05) is 11.9 Å². The van der Waals surface area contributed by atoms with Crippen molar-refractivity contribution >= 4 is 39.2 Å². The fourth-order valence-electron chi connectivity index (χ4n) is 3.07. The second-order valence-electron chi connectivity index (χ2n) is 6.92. The van der Waals surface area contributed by atoms with Gasteiger partial charge in [-0.1, -0.05) is 71.9 Å². The molecular weight excluding hydrogens is 414 g/mol. The molecule has 0 saturated carbocycles. The second kappa shape index (κ2) is 8.85. The van der Waals surface area contributed by atoms with Crippen LogP contribution in [0.25, 0.3) is 20.7 Å². The predicted octanol–water partition coefficient (Wildman–Crippen LogP) is 4.32. The van der Waals surface area contributed by atoms with Gasteiger partial charge in [-0.05, 0) is 24.1 Å². The van der Waals surface area contributed by atoms with E-state index in [1.807, 2.05) is 36.4 Å². The molecule has 0 aliphatic heterocycles. The Morgan fingerprint density at radius 1 is 1.13 bits per heavy atom. The molecular formula is C23H21N3O2S2. The summed E-state index contributed by atoms with van der Waals surface area (Å²) in [6, 6.07) is 20.0. The normalized spacial score (nSPS) is 11.0. The molecule has 1 amide bonds. The van der Waals surface area contributed by atoms with Crippen LogP contribution in [0.15, 0.2) is 70.6 Å². The van der Waals surface area contributed by atoms with Crippen LogP contribution in [0.2, 0.25) is 0 Å². The highest BCUT2D eigenvalue weighted by atomic mass is 32.2. The lowest BCUT2D eigenvalue weighted by Crippen LogP contribution is -2.25. The van der Waals surface area contributed by atoms with Crippen molar-refractivity contribution < 1.29 is 4.79 Å². The third-order valence-electron chi connectivity index (χ3n) is 4.73. The number of benzene rings is 2. The first kappa shape index (κ1) is 20.4. The molecule has 7 heteroatoms. The van der Waals surface area contributed by atoms with Crippen molar-refractivity contribution in [2.45, 2.75) is 18.6 Å². The Bertz CT molecular complexity index is 1250. The summed E-state index contributed by atoms with van der Waals surface area (Å²) >= 11 is 2.74. The summed E-state index contributed by atoms with van der Waals surface area (Å²) in [7, 11) is 1.60. The maximum absolute atomic E-state index is 13.4. The molecule has 0 saturated heterocycles. The molecule has 0 atom stereocenters. The fraction of sp³-hybridized carbons (Fsp3) is 0.174. The topological polar surface area (TPSA) is 64.0 Å². The van der Waals surface area contributed by atoms with Crippen LogP contribution in [0.3, 0.4) is 0 Å². The Labute approximate surface area is 182 Å². The number of carbonyl (C=O) groups excluding carboxylic acids is 1. The molecule has 0 aliphatic carbocycles. The summed E-state index contributed by atoms with van der Waals surface area (Å²) in [5, 5.41) is 3.16. The van der Waals surface area contributed by atoms with Gasteiger partial charge in [0.2, 0.25) is 5.91 Å². The van der Waals surface area contributed by atoms with E-state index in [0.29, 0.717) is 21.9 Å². The molecule has 30 heavy (non-hydrogen) atoms. The van der Waals surface area contributed by atoms with Gasteiger partial charge in [0.05, 0.1) is 17.8 Å². The van der Waals surface area contributed by atoms with Crippen molar-refractivity contribution in [3.8, 4) is 10.4 Å². The molecule has 2 heterocycles. The standard InChI is InChI=1S/C23H21N3O2S2/c1-15-8-10-17(11-9-15)19-12-18-21(30-19)22(28)26(13-16-6-4-3-5-7-16)23(25-18)29-14-20(27)24-2/h3-12H,13-14H2,1-2H3,(H,24,27). The Balaban J connectivity index is 1.81. The van der Waals surface area contributed by atoms with E-state index in [1.54, 1.807) is 11.6 Å². The Morgan fingerprint density at radius 3 is 2.57 bits per heavy atom. The molecule has 5 nitrogen and oxygen atoms in total. The first-order valence-electron chi connectivity index (χ1n) is 9.54. The van der Waals surface area contributed by atoms with Crippen LogP contribution < -0.4 is 10.9 Å². The van der Waals surface area contributed by atoms with Crippen LogP contribution in [0.1, 0.15) is 11.1 Å². The van der Waals surface area contributed by atoms with E-state index < -0.39 is 0 Å². The number of rotatable bonds is 6. The minimum absolute atomic E-state index is 0.0772. The van der Waals surface area contributed by atoms with Crippen LogP contribution in [0.4, 0.5) is 0 Å². The van der Waals surface area contributed by atoms with Gasteiger partial charge in [0.1, 0.15) is 4.70 Å². The average Bonchev–Trinajstić information content (AvgIpc) is 3.20. The molecule has 0 fully saturated rings. The van der Waals surface area contributed by atoms with Crippen LogP contribution in [0, 0.1) is 6.92 Å². The summed E-state index contributed by atoms with van der Waals surface area (Å²) in [4.78, 5) is 30.9. The average molecular weight is 436 g/mol. The minimum Gasteiger partial charge on any atom is -0.358 e. The van der Waals surface area contributed by atoms with Gasteiger partial charge in [-0.3, -0.25) is 14.2 Å². The molecule has 0 unspecified atom stereocenters. The fourth-order valence-corrected chi connectivity index (χ4v) is 4.99. The zero-order chi connectivity index (χ0) is 21.1. The predicted molar refractivity (Wildman–Crippen MR) is 124 cm³/mol. The lowest BCUT2D eigenvalue weighted by Gasteiger charge is -2.11. The number of thiophene rings is 1. The SMILES string of the molecule is CNC(=O)CSc1nc2cc(-c3ccc(C)cc3)sc2c(=O)n1Cc1ccccc1. The molecule has 2 aromatic heterocycles. The first-order chi connectivity index (χ1) is 14.5. The van der Waals surface area contributed by atoms with E-state index in [2.05, 4.69) is 36.5 Å². The van der Waals surface area contributed by atoms with Crippen molar-refractivity contribution in [1.82, 2.24) is 14.9 Å². The van der Waals surface area contributed by atoms with Crippen LogP contribution in [-0.2, 0) is 11.3 Å². The van der Waals surface area contributed by atoms with Gasteiger partial charge < -0.3 is 5.32 Å². The van der Waals surface area contributed by atoms with Crippen molar-refractivity contribution in [1.29, 1.82) is 0 Å². The molecule has 0 aliphatic rings. The molecule has 4 aromatic rings. The van der Waals surface area contributed by atoms with Crippen LogP contribution in [-0.4, -0.2) is 28.3 Å². The molecule has 4 rings (SSSR count). The molecule has 0 bridgehead atoms. The number of fused-ring (bicyclic) bond motifs is 1. The van der Waals surface area contributed by atoms with E-state index in [1.165, 1.54) is 28.7 Å². The quantitative estimate of drug-likeness (QED) is 0.362. The number of nitrogens with one attached hydrogen (secondary N) is 1. The van der Waals surface area contributed by atoms with Crippen LogP contribution >= 0.6 is 23.1 Å². The summed E-state index contributed by atoms with van der Waals surface area (Å²) < 4.78 is 2.30. The zero-order valence-corrected chi connectivity index (χ0v) is 18.3. The Kier molecular flexibility index (Phi) is 6.01. The van der Waals surface area contributed by atoms with Gasteiger partial charge in [-0.2, -0.15) is 0 Å². The van der Waals surface area contributed by atoms with Crippen molar-refractivity contribution in [2.24, 2.45) is 0 Å². The number of hydrogen-bond donors (Lipinski definition) is 1. The summed E-state index contributed by atoms with van der Waals surface area (Å²) in [5.74, 6) is 0.101.